The van der Waals surface area contributed by atoms with Crippen molar-refractivity contribution in [1.82, 2.24) is 9.29 Å². The molecule has 180 valence electrons. The Morgan fingerprint density at radius 2 is 2.00 bits per heavy atom. The number of hydrogen-bond acceptors (Lipinski definition) is 9. The highest BCUT2D eigenvalue weighted by Gasteiger charge is 2.39. The van der Waals surface area contributed by atoms with E-state index in [1.807, 2.05) is 0 Å². The number of thiophene rings is 1. The molecule has 1 aliphatic rings. The zero-order valence-corrected chi connectivity index (χ0v) is 20.7. The number of benzene rings is 1. The quantitative estimate of drug-likeness (QED) is 0.332. The summed E-state index contributed by atoms with van der Waals surface area (Å²) in [6.45, 7) is 0. The van der Waals surface area contributed by atoms with E-state index in [4.69, 9.17) is 20.8 Å². The predicted octanol–water partition coefficient (Wildman–Crippen LogP) is 5.55. The van der Waals surface area contributed by atoms with Gasteiger partial charge in [-0.05, 0) is 36.4 Å². The molecule has 0 unspecified atom stereocenters. The molecule has 9 nitrogen and oxygen atoms in total. The van der Waals surface area contributed by atoms with Gasteiger partial charge in [0.25, 0.3) is 21.9 Å². The number of amides is 1. The maximum absolute atomic E-state index is 13.0. The first-order valence-electron chi connectivity index (χ1n) is 9.66. The number of aliphatic hydroxyl groups excluding tert-OH is 1. The molecule has 0 radical (unpaired) electrons. The lowest BCUT2D eigenvalue weighted by molar-refractivity contribution is -0.113. The summed E-state index contributed by atoms with van der Waals surface area (Å²) in [7, 11) is -2.91. The van der Waals surface area contributed by atoms with Crippen LogP contribution in [0.15, 0.2) is 62.9 Å². The molecular weight excluding hydrogens is 541 g/mol. The van der Waals surface area contributed by atoms with E-state index in [2.05, 4.69) is 10.3 Å². The van der Waals surface area contributed by atoms with Crippen molar-refractivity contribution in [2.45, 2.75) is 4.90 Å². The Hall–Kier alpha value is -3.39. The van der Waals surface area contributed by atoms with E-state index in [9.17, 15) is 22.7 Å². The van der Waals surface area contributed by atoms with Crippen molar-refractivity contribution in [3.63, 3.8) is 0 Å². The van der Waals surface area contributed by atoms with E-state index >= 15 is 0 Å². The lowest BCUT2D eigenvalue weighted by atomic mass is 10.3. The second kappa shape index (κ2) is 8.68. The Labute approximate surface area is 210 Å². The average molecular weight is 554 g/mol. The molecule has 1 aliphatic heterocycles. The number of aliphatic hydroxyl groups is 1. The molecular formula is C21H13ClFN3O6S3. The summed E-state index contributed by atoms with van der Waals surface area (Å²) in [5.74, 6) is -0.888. The number of likely N-dealkylation sites (N-methyl/N-ethyl adjacent to an activating group) is 1. The maximum Gasteiger partial charge on any atom is 0.290 e. The minimum atomic E-state index is -4.07. The predicted molar refractivity (Wildman–Crippen MR) is 129 cm³/mol. The van der Waals surface area contributed by atoms with Crippen molar-refractivity contribution in [2.75, 3.05) is 12.4 Å². The van der Waals surface area contributed by atoms with Gasteiger partial charge >= 0.3 is 0 Å². The Bertz CT molecular complexity index is 1590. The van der Waals surface area contributed by atoms with Gasteiger partial charge in [-0.2, -0.15) is 0 Å². The number of sulfonamides is 1. The number of aromatic nitrogens is 1. The molecule has 5 rings (SSSR count). The number of rotatable bonds is 5. The third-order valence-electron chi connectivity index (χ3n) is 4.87. The van der Waals surface area contributed by atoms with Crippen molar-refractivity contribution < 1.29 is 31.9 Å². The first kappa shape index (κ1) is 23.4. The number of furan rings is 1. The number of carbonyl (C=O) groups is 1. The highest BCUT2D eigenvalue weighted by molar-refractivity contribution is 7.89. The van der Waals surface area contributed by atoms with Gasteiger partial charge in [-0.3, -0.25) is 14.4 Å². The van der Waals surface area contributed by atoms with Gasteiger partial charge in [0.05, 0.1) is 9.21 Å². The second-order valence-corrected chi connectivity index (χ2v) is 11.6. The van der Waals surface area contributed by atoms with Crippen LogP contribution in [0.1, 0.15) is 4.88 Å². The van der Waals surface area contributed by atoms with E-state index in [1.54, 1.807) is 17.5 Å². The molecule has 1 amide bonds. The summed E-state index contributed by atoms with van der Waals surface area (Å²) in [5.41, 5.74) is -0.0739. The molecule has 0 atom stereocenters. The van der Waals surface area contributed by atoms with Crippen molar-refractivity contribution in [3.8, 4) is 23.1 Å². The molecule has 2 N–H and O–H groups in total. The summed E-state index contributed by atoms with van der Waals surface area (Å²) in [6.07, 6.45) is 0. The maximum atomic E-state index is 13.0. The van der Waals surface area contributed by atoms with Gasteiger partial charge in [-0.1, -0.05) is 11.6 Å². The molecule has 0 saturated carbocycles. The normalized spacial score (nSPS) is 14.7. The number of anilines is 1. The van der Waals surface area contributed by atoms with Crippen LogP contribution >= 0.6 is 34.3 Å². The van der Waals surface area contributed by atoms with E-state index in [1.165, 1.54) is 30.3 Å². The van der Waals surface area contributed by atoms with Gasteiger partial charge in [0.1, 0.15) is 22.2 Å². The Balaban J connectivity index is 1.35. The van der Waals surface area contributed by atoms with Crippen molar-refractivity contribution >= 4 is 61.1 Å². The molecule has 4 heterocycles. The average Bonchev–Trinajstić information content (AvgIpc) is 3.54. The van der Waals surface area contributed by atoms with Crippen LogP contribution in [0.25, 0.3) is 17.2 Å². The molecule has 1 aromatic carbocycles. The Morgan fingerprint density at radius 1 is 1.26 bits per heavy atom. The zero-order valence-electron chi connectivity index (χ0n) is 17.5. The van der Waals surface area contributed by atoms with Crippen LogP contribution in [0, 0.1) is 5.82 Å². The number of ether oxygens (including phenoxy) is 1. The van der Waals surface area contributed by atoms with Crippen LogP contribution < -0.4 is 10.1 Å². The fourth-order valence-electron chi connectivity index (χ4n) is 3.21. The molecule has 4 aromatic rings. The van der Waals surface area contributed by atoms with Gasteiger partial charge in [0.15, 0.2) is 22.3 Å². The summed E-state index contributed by atoms with van der Waals surface area (Å²) in [6, 6.07) is 9.81. The Morgan fingerprint density at radius 3 is 2.74 bits per heavy atom. The summed E-state index contributed by atoms with van der Waals surface area (Å²) >= 11 is 7.84. The Kier molecular flexibility index (Phi) is 5.79. The van der Waals surface area contributed by atoms with Crippen LogP contribution in [0.2, 0.25) is 4.34 Å². The fraction of sp³-hybridized carbons (Fsp3) is 0.0476. The largest absolute Gasteiger partial charge is 0.504 e. The molecule has 0 bridgehead atoms. The summed E-state index contributed by atoms with van der Waals surface area (Å²) in [4.78, 5) is 17.0. The highest BCUT2D eigenvalue weighted by Crippen LogP contribution is 2.42. The standard InChI is InChI=1S/C21H13ClFN3O6S3/c1-26-17(18(27)19-14(35(26,29)30)8-15(22)34-19)20(28)25-21-24-12(9-33-21)13-6-7-16(32-13)31-11-4-2-10(23)3-5-11/h2-9,27H,1H3,(H,24,25,28). The molecule has 14 heteroatoms. The first-order valence-corrected chi connectivity index (χ1v) is 13.2. The van der Waals surface area contributed by atoms with Crippen LogP contribution in [0.4, 0.5) is 9.52 Å². The first-order chi connectivity index (χ1) is 16.6. The minimum absolute atomic E-state index is 0.0117. The van der Waals surface area contributed by atoms with E-state index in [0.717, 1.165) is 29.7 Å². The molecule has 0 spiro atoms. The number of carbonyl (C=O) groups excluding carboxylic acids is 1. The number of nitrogens with one attached hydrogen (secondary N) is 1. The summed E-state index contributed by atoms with van der Waals surface area (Å²) < 4.78 is 50.6. The topological polar surface area (TPSA) is 122 Å². The van der Waals surface area contributed by atoms with E-state index < -0.39 is 33.2 Å². The van der Waals surface area contributed by atoms with Crippen molar-refractivity contribution in [2.24, 2.45) is 0 Å². The zero-order chi connectivity index (χ0) is 24.9. The van der Waals surface area contributed by atoms with E-state index in [-0.39, 0.29) is 25.2 Å². The van der Waals surface area contributed by atoms with Crippen LogP contribution in [0.5, 0.6) is 11.7 Å². The van der Waals surface area contributed by atoms with Crippen molar-refractivity contribution in [3.05, 3.63) is 68.6 Å². The van der Waals surface area contributed by atoms with Gasteiger partial charge in [-0.15, -0.1) is 22.7 Å². The molecule has 0 saturated heterocycles. The van der Waals surface area contributed by atoms with Gasteiger partial charge in [-0.25, -0.2) is 17.8 Å². The van der Waals surface area contributed by atoms with Gasteiger partial charge in [0, 0.05) is 18.5 Å². The number of hydrogen-bond donors (Lipinski definition) is 2. The highest BCUT2D eigenvalue weighted by atomic mass is 35.5. The number of nitrogens with zero attached hydrogens (tertiary/aromatic N) is 2. The number of fused-ring (bicyclic) bond motifs is 1. The monoisotopic (exact) mass is 553 g/mol. The lowest BCUT2D eigenvalue weighted by Gasteiger charge is -2.26. The van der Waals surface area contributed by atoms with Crippen molar-refractivity contribution in [1.29, 1.82) is 0 Å². The SMILES string of the molecule is CN1C(C(=O)Nc2nc(-c3ccc(Oc4ccc(F)cc4)o3)cs2)=C(O)c2sc(Cl)cc2S1(=O)=O. The molecule has 0 fully saturated rings. The van der Waals surface area contributed by atoms with Crippen LogP contribution in [0.3, 0.4) is 0 Å². The molecule has 0 aliphatic carbocycles. The third-order valence-corrected chi connectivity index (χ3v) is 8.81. The number of halogens is 2. The lowest BCUT2D eigenvalue weighted by Crippen LogP contribution is -2.36. The fourth-order valence-corrected chi connectivity index (χ4v) is 6.85. The molecule has 35 heavy (non-hydrogen) atoms. The van der Waals surface area contributed by atoms with E-state index in [0.29, 0.717) is 21.5 Å². The van der Waals surface area contributed by atoms with Crippen LogP contribution in [-0.4, -0.2) is 35.8 Å². The van der Waals surface area contributed by atoms with Gasteiger partial charge < -0.3 is 14.3 Å². The second-order valence-electron chi connectivity index (χ2n) is 7.08. The third kappa shape index (κ3) is 4.27. The van der Waals surface area contributed by atoms with Gasteiger partial charge in [0.2, 0.25) is 0 Å². The number of thiazole rings is 1. The summed E-state index contributed by atoms with van der Waals surface area (Å²) in [5, 5.41) is 14.9. The molecule has 3 aromatic heterocycles. The minimum Gasteiger partial charge on any atom is -0.504 e. The smallest absolute Gasteiger partial charge is 0.290 e. The van der Waals surface area contributed by atoms with Crippen LogP contribution in [-0.2, 0) is 14.8 Å².